The number of ether oxygens (including phenoxy) is 3. The van der Waals surface area contributed by atoms with E-state index in [1.807, 2.05) is 6.07 Å². The fourth-order valence-corrected chi connectivity index (χ4v) is 3.24. The summed E-state index contributed by atoms with van der Waals surface area (Å²) in [6.45, 7) is 2.41. The molecule has 1 aromatic carbocycles. The maximum Gasteiger partial charge on any atom is 0.119 e. The lowest BCUT2D eigenvalue weighted by Gasteiger charge is -2.38. The summed E-state index contributed by atoms with van der Waals surface area (Å²) in [7, 11) is 3.51. The maximum atomic E-state index is 5.66. The average molecular weight is 291 g/mol. The number of hydrogen-bond donors (Lipinski definition) is 1. The van der Waals surface area contributed by atoms with Crippen molar-refractivity contribution in [1.29, 1.82) is 0 Å². The molecule has 1 aliphatic carbocycles. The van der Waals surface area contributed by atoms with Crippen LogP contribution in [-0.2, 0) is 9.47 Å². The van der Waals surface area contributed by atoms with Gasteiger partial charge in [-0.05, 0) is 36.5 Å². The predicted molar refractivity (Wildman–Crippen MR) is 81.9 cm³/mol. The van der Waals surface area contributed by atoms with Crippen LogP contribution in [0.25, 0.3) is 0 Å². The first-order chi connectivity index (χ1) is 10.2. The molecule has 4 nitrogen and oxygen atoms in total. The molecule has 0 radical (unpaired) electrons. The molecule has 1 aliphatic heterocycles. The summed E-state index contributed by atoms with van der Waals surface area (Å²) >= 11 is 0. The third-order valence-electron chi connectivity index (χ3n) is 4.92. The highest BCUT2D eigenvalue weighted by Gasteiger charge is 2.37. The maximum absolute atomic E-state index is 5.66. The third-order valence-corrected chi connectivity index (χ3v) is 4.92. The average Bonchev–Trinajstić information content (AvgIpc) is 2.95. The van der Waals surface area contributed by atoms with Crippen molar-refractivity contribution < 1.29 is 14.2 Å². The molecule has 1 atom stereocenters. The van der Waals surface area contributed by atoms with E-state index in [0.29, 0.717) is 18.6 Å². The molecule has 0 amide bonds. The molecule has 3 rings (SSSR count). The standard InChI is InChI=1S/C17H25NO3/c1-19-16-5-3-4-13(10-16)14-8-15(9-14)18-11-17(20-2)6-7-21-12-17/h3-5,10,14-15,18H,6-9,11-12H2,1-2H3. The zero-order chi connectivity index (χ0) is 14.7. The smallest absolute Gasteiger partial charge is 0.119 e. The Balaban J connectivity index is 1.47. The zero-order valence-corrected chi connectivity index (χ0v) is 12.9. The van der Waals surface area contributed by atoms with Gasteiger partial charge < -0.3 is 19.5 Å². The van der Waals surface area contributed by atoms with Gasteiger partial charge in [-0.2, -0.15) is 0 Å². The lowest BCUT2D eigenvalue weighted by Crippen LogP contribution is -2.49. The number of nitrogens with one attached hydrogen (secondary N) is 1. The quantitative estimate of drug-likeness (QED) is 0.873. The summed E-state index contributed by atoms with van der Waals surface area (Å²) < 4.78 is 16.4. The van der Waals surface area contributed by atoms with E-state index in [1.165, 1.54) is 18.4 Å². The zero-order valence-electron chi connectivity index (χ0n) is 12.9. The van der Waals surface area contributed by atoms with Crippen molar-refractivity contribution in [2.45, 2.75) is 36.8 Å². The highest BCUT2D eigenvalue weighted by molar-refractivity contribution is 5.32. The van der Waals surface area contributed by atoms with Crippen LogP contribution in [0.15, 0.2) is 24.3 Å². The van der Waals surface area contributed by atoms with Gasteiger partial charge in [0.05, 0.1) is 13.7 Å². The Morgan fingerprint density at radius 2 is 2.19 bits per heavy atom. The van der Waals surface area contributed by atoms with E-state index in [0.717, 1.165) is 25.3 Å². The SMILES string of the molecule is COc1cccc(C2CC(NCC3(OC)CCOC3)C2)c1. The van der Waals surface area contributed by atoms with Crippen molar-refractivity contribution in [2.75, 3.05) is 34.0 Å². The van der Waals surface area contributed by atoms with Gasteiger partial charge in [0.25, 0.3) is 0 Å². The van der Waals surface area contributed by atoms with Gasteiger partial charge in [0.15, 0.2) is 0 Å². The van der Waals surface area contributed by atoms with Gasteiger partial charge in [0.2, 0.25) is 0 Å². The first kappa shape index (κ1) is 14.8. The fraction of sp³-hybridized carbons (Fsp3) is 0.647. The van der Waals surface area contributed by atoms with Crippen LogP contribution in [0, 0.1) is 0 Å². The van der Waals surface area contributed by atoms with Crippen LogP contribution in [-0.4, -0.2) is 45.6 Å². The summed E-state index contributed by atoms with van der Waals surface area (Å²) in [5.41, 5.74) is 1.28. The van der Waals surface area contributed by atoms with Gasteiger partial charge in [-0.15, -0.1) is 0 Å². The molecule has 2 fully saturated rings. The molecule has 1 aromatic rings. The Kier molecular flexibility index (Phi) is 4.48. The van der Waals surface area contributed by atoms with Crippen LogP contribution in [0.5, 0.6) is 5.75 Å². The van der Waals surface area contributed by atoms with Gasteiger partial charge in [0, 0.05) is 32.7 Å². The second-order valence-corrected chi connectivity index (χ2v) is 6.21. The molecule has 1 N–H and O–H groups in total. The Hall–Kier alpha value is -1.10. The molecular weight excluding hydrogens is 266 g/mol. The molecule has 0 bridgehead atoms. The van der Waals surface area contributed by atoms with Crippen LogP contribution >= 0.6 is 0 Å². The molecule has 1 unspecified atom stereocenters. The minimum atomic E-state index is -0.110. The summed E-state index contributed by atoms with van der Waals surface area (Å²) in [4.78, 5) is 0. The van der Waals surface area contributed by atoms with E-state index >= 15 is 0 Å². The van der Waals surface area contributed by atoms with Gasteiger partial charge in [0.1, 0.15) is 11.4 Å². The lowest BCUT2D eigenvalue weighted by molar-refractivity contribution is -0.0196. The number of hydrogen-bond acceptors (Lipinski definition) is 4. The summed E-state index contributed by atoms with van der Waals surface area (Å²) in [5.74, 6) is 1.60. The van der Waals surface area contributed by atoms with Gasteiger partial charge >= 0.3 is 0 Å². The van der Waals surface area contributed by atoms with Crippen LogP contribution < -0.4 is 10.1 Å². The van der Waals surface area contributed by atoms with Crippen molar-refractivity contribution in [2.24, 2.45) is 0 Å². The molecule has 2 aliphatic rings. The van der Waals surface area contributed by atoms with Crippen molar-refractivity contribution in [1.82, 2.24) is 5.32 Å². The highest BCUT2D eigenvalue weighted by Crippen LogP contribution is 2.38. The van der Waals surface area contributed by atoms with Gasteiger partial charge in [-0.1, -0.05) is 12.1 Å². The van der Waals surface area contributed by atoms with Crippen LogP contribution in [0.1, 0.15) is 30.7 Å². The van der Waals surface area contributed by atoms with Gasteiger partial charge in [-0.3, -0.25) is 0 Å². The minimum Gasteiger partial charge on any atom is -0.497 e. The lowest BCUT2D eigenvalue weighted by atomic mass is 9.75. The second kappa shape index (κ2) is 6.34. The predicted octanol–water partition coefficient (Wildman–Crippen LogP) is 2.34. The van der Waals surface area contributed by atoms with Crippen molar-refractivity contribution in [3.8, 4) is 5.75 Å². The molecule has 0 aromatic heterocycles. The monoisotopic (exact) mass is 291 g/mol. The second-order valence-electron chi connectivity index (χ2n) is 6.21. The molecular formula is C17H25NO3. The van der Waals surface area contributed by atoms with Crippen LogP contribution in [0.2, 0.25) is 0 Å². The molecule has 4 heteroatoms. The molecule has 21 heavy (non-hydrogen) atoms. The number of rotatable bonds is 6. The molecule has 116 valence electrons. The molecule has 1 saturated carbocycles. The largest absolute Gasteiger partial charge is 0.497 e. The molecule has 1 saturated heterocycles. The summed E-state index contributed by atoms with van der Waals surface area (Å²) in [5, 5.41) is 3.64. The fourth-order valence-electron chi connectivity index (χ4n) is 3.24. The van der Waals surface area contributed by atoms with Crippen molar-refractivity contribution >= 4 is 0 Å². The summed E-state index contributed by atoms with van der Waals surface area (Å²) in [6.07, 6.45) is 3.37. The van der Waals surface area contributed by atoms with E-state index in [-0.39, 0.29) is 5.60 Å². The van der Waals surface area contributed by atoms with Gasteiger partial charge in [-0.25, -0.2) is 0 Å². The minimum absolute atomic E-state index is 0.110. The molecule has 1 heterocycles. The summed E-state index contributed by atoms with van der Waals surface area (Å²) in [6, 6.07) is 9.02. The van der Waals surface area contributed by atoms with Crippen molar-refractivity contribution in [3.63, 3.8) is 0 Å². The van der Waals surface area contributed by atoms with E-state index in [4.69, 9.17) is 14.2 Å². The number of methoxy groups -OCH3 is 2. The van der Waals surface area contributed by atoms with E-state index in [9.17, 15) is 0 Å². The van der Waals surface area contributed by atoms with E-state index < -0.39 is 0 Å². The third kappa shape index (κ3) is 3.23. The topological polar surface area (TPSA) is 39.7 Å². The molecule has 0 spiro atoms. The Bertz CT molecular complexity index is 465. The number of benzene rings is 1. The Morgan fingerprint density at radius 3 is 2.86 bits per heavy atom. The van der Waals surface area contributed by atoms with E-state index in [2.05, 4.69) is 23.5 Å². The van der Waals surface area contributed by atoms with Crippen LogP contribution in [0.4, 0.5) is 0 Å². The first-order valence-electron chi connectivity index (χ1n) is 7.75. The Morgan fingerprint density at radius 1 is 1.33 bits per heavy atom. The normalized spacial score (nSPS) is 31.9. The Labute approximate surface area is 126 Å². The first-order valence-corrected chi connectivity index (χ1v) is 7.75. The van der Waals surface area contributed by atoms with E-state index in [1.54, 1.807) is 14.2 Å². The van der Waals surface area contributed by atoms with Crippen LogP contribution in [0.3, 0.4) is 0 Å². The van der Waals surface area contributed by atoms with Crippen molar-refractivity contribution in [3.05, 3.63) is 29.8 Å². The highest BCUT2D eigenvalue weighted by atomic mass is 16.5.